The molecule has 1 fully saturated rings. The summed E-state index contributed by atoms with van der Waals surface area (Å²) in [6.07, 6.45) is 0. The normalized spacial score (nSPS) is 14.5. The van der Waals surface area contributed by atoms with Crippen molar-refractivity contribution in [1.82, 2.24) is 19.9 Å². The molecular formula is C17H19N7O2S. The number of rotatable bonds is 4. The number of hydrogen-bond donors (Lipinski definition) is 3. The molecule has 0 spiro atoms. The second-order valence-corrected chi connectivity index (χ2v) is 7.08. The zero-order valence-electron chi connectivity index (χ0n) is 14.5. The zero-order chi connectivity index (χ0) is 18.8. The van der Waals surface area contributed by atoms with Crippen LogP contribution in [0, 0.1) is 0 Å². The van der Waals surface area contributed by atoms with E-state index in [4.69, 9.17) is 5.73 Å². The summed E-state index contributed by atoms with van der Waals surface area (Å²) in [6.45, 7) is 3.29. The van der Waals surface area contributed by atoms with Gasteiger partial charge in [-0.15, -0.1) is 0 Å². The van der Waals surface area contributed by atoms with Crippen molar-refractivity contribution in [1.29, 1.82) is 0 Å². The van der Waals surface area contributed by atoms with Crippen molar-refractivity contribution in [2.24, 2.45) is 5.73 Å². The van der Waals surface area contributed by atoms with Crippen molar-refractivity contribution in [2.45, 2.75) is 0 Å². The van der Waals surface area contributed by atoms with Crippen LogP contribution in [0.25, 0.3) is 15.5 Å². The number of carbonyl (C=O) groups is 1. The molecule has 0 saturated carbocycles. The molecule has 9 nitrogen and oxygen atoms in total. The summed E-state index contributed by atoms with van der Waals surface area (Å²) < 4.78 is 1.32. The van der Waals surface area contributed by atoms with Gasteiger partial charge in [-0.2, -0.15) is 9.61 Å². The van der Waals surface area contributed by atoms with Gasteiger partial charge in [-0.05, 0) is 12.1 Å². The van der Waals surface area contributed by atoms with Crippen LogP contribution in [0.2, 0.25) is 0 Å². The number of nitrogens with zero attached hydrogens (tertiary/aromatic N) is 4. The first-order valence-electron chi connectivity index (χ1n) is 8.61. The highest BCUT2D eigenvalue weighted by molar-refractivity contribution is 7.19. The molecule has 2 aromatic heterocycles. The minimum Gasteiger partial charge on any atom is -0.354 e. The SMILES string of the molecule is NCC(=O)Nc1cccc(-c2nn3c(=O)cc(N4CCNCC4)nc3s2)c1. The molecule has 3 heterocycles. The molecule has 3 aromatic rings. The smallest absolute Gasteiger partial charge is 0.277 e. The lowest BCUT2D eigenvalue weighted by molar-refractivity contribution is -0.114. The molecule has 1 aromatic carbocycles. The van der Waals surface area contributed by atoms with Gasteiger partial charge in [0.15, 0.2) is 0 Å². The number of hydrogen-bond acceptors (Lipinski definition) is 8. The molecule has 0 unspecified atom stereocenters. The molecule has 0 bridgehead atoms. The third-order valence-corrected chi connectivity index (χ3v) is 5.21. The Kier molecular flexibility index (Phi) is 4.84. The maximum atomic E-state index is 12.5. The summed E-state index contributed by atoms with van der Waals surface area (Å²) in [5, 5.41) is 11.1. The topological polar surface area (TPSA) is 118 Å². The fraction of sp³-hybridized carbons (Fsp3) is 0.294. The molecule has 0 atom stereocenters. The number of nitrogens with one attached hydrogen (secondary N) is 2. The van der Waals surface area contributed by atoms with Crippen LogP contribution in [0.1, 0.15) is 0 Å². The number of nitrogens with two attached hydrogens (primary N) is 1. The minimum atomic E-state index is -0.269. The number of amides is 1. The second-order valence-electron chi connectivity index (χ2n) is 6.12. The van der Waals surface area contributed by atoms with Crippen molar-refractivity contribution < 1.29 is 4.79 Å². The molecule has 140 valence electrons. The first-order valence-corrected chi connectivity index (χ1v) is 9.42. The molecule has 1 aliphatic rings. The zero-order valence-corrected chi connectivity index (χ0v) is 15.3. The quantitative estimate of drug-likeness (QED) is 0.584. The minimum absolute atomic E-state index is 0.0839. The molecule has 4 rings (SSSR count). The molecule has 0 aliphatic carbocycles. The summed E-state index contributed by atoms with van der Waals surface area (Å²) in [6, 6.07) is 8.79. The van der Waals surface area contributed by atoms with E-state index in [1.807, 2.05) is 12.1 Å². The number of benzene rings is 1. The predicted octanol–water partition coefficient (Wildman–Crippen LogP) is 0.125. The van der Waals surface area contributed by atoms with Crippen molar-refractivity contribution in [2.75, 3.05) is 42.9 Å². The third-order valence-electron chi connectivity index (χ3n) is 4.25. The van der Waals surface area contributed by atoms with Gasteiger partial charge in [0, 0.05) is 43.5 Å². The standard InChI is InChI=1S/C17H19N7O2S/c18-10-14(25)20-12-3-1-2-11(8-12)16-22-24-15(26)9-13(21-17(24)27-16)23-6-4-19-5-7-23/h1-3,8-9,19H,4-7,10,18H2,(H,20,25). The highest BCUT2D eigenvalue weighted by Crippen LogP contribution is 2.27. The van der Waals surface area contributed by atoms with Gasteiger partial charge in [-0.25, -0.2) is 4.98 Å². The average Bonchev–Trinajstić information content (AvgIpc) is 3.14. The number of anilines is 2. The lowest BCUT2D eigenvalue weighted by Gasteiger charge is -2.27. The van der Waals surface area contributed by atoms with Crippen LogP contribution >= 0.6 is 11.3 Å². The van der Waals surface area contributed by atoms with E-state index in [2.05, 4.69) is 25.6 Å². The van der Waals surface area contributed by atoms with Crippen LogP contribution in [0.3, 0.4) is 0 Å². The van der Waals surface area contributed by atoms with Crippen LogP contribution in [-0.4, -0.2) is 53.2 Å². The maximum absolute atomic E-state index is 12.5. The van der Waals surface area contributed by atoms with Crippen molar-refractivity contribution >= 4 is 33.7 Å². The van der Waals surface area contributed by atoms with Crippen molar-refractivity contribution in [3.05, 3.63) is 40.7 Å². The molecule has 4 N–H and O–H groups in total. The molecule has 0 radical (unpaired) electrons. The number of piperazine rings is 1. The van der Waals surface area contributed by atoms with Crippen LogP contribution in [-0.2, 0) is 4.79 Å². The number of aromatic nitrogens is 3. The van der Waals surface area contributed by atoms with E-state index in [1.54, 1.807) is 12.1 Å². The fourth-order valence-corrected chi connectivity index (χ4v) is 3.81. The summed E-state index contributed by atoms with van der Waals surface area (Å²) in [7, 11) is 0. The van der Waals surface area contributed by atoms with Gasteiger partial charge in [-0.1, -0.05) is 23.5 Å². The molecule has 10 heteroatoms. The fourth-order valence-electron chi connectivity index (χ4n) is 2.91. The highest BCUT2D eigenvalue weighted by Gasteiger charge is 2.16. The Morgan fingerprint density at radius 1 is 1.30 bits per heavy atom. The molecule has 1 aliphatic heterocycles. The lowest BCUT2D eigenvalue weighted by Crippen LogP contribution is -2.44. The monoisotopic (exact) mass is 385 g/mol. The maximum Gasteiger partial charge on any atom is 0.277 e. The highest BCUT2D eigenvalue weighted by atomic mass is 32.1. The van der Waals surface area contributed by atoms with E-state index in [-0.39, 0.29) is 18.0 Å². The van der Waals surface area contributed by atoms with Crippen LogP contribution in [0.4, 0.5) is 11.5 Å². The number of fused-ring (bicyclic) bond motifs is 1. The summed E-state index contributed by atoms with van der Waals surface area (Å²) >= 11 is 1.34. The lowest BCUT2D eigenvalue weighted by atomic mass is 10.2. The third kappa shape index (κ3) is 3.68. The molecule has 27 heavy (non-hydrogen) atoms. The van der Waals surface area contributed by atoms with E-state index in [0.29, 0.717) is 21.5 Å². The van der Waals surface area contributed by atoms with Gasteiger partial charge < -0.3 is 21.3 Å². The Balaban J connectivity index is 1.69. The van der Waals surface area contributed by atoms with Crippen molar-refractivity contribution in [3.63, 3.8) is 0 Å². The Labute approximate surface area is 158 Å². The molecule has 1 saturated heterocycles. The van der Waals surface area contributed by atoms with Gasteiger partial charge in [-0.3, -0.25) is 9.59 Å². The van der Waals surface area contributed by atoms with Gasteiger partial charge in [0.1, 0.15) is 10.8 Å². The Bertz CT molecular complexity index is 1040. The summed E-state index contributed by atoms with van der Waals surface area (Å²) in [5.74, 6) is 0.413. The van der Waals surface area contributed by atoms with Crippen LogP contribution in [0.15, 0.2) is 35.1 Å². The van der Waals surface area contributed by atoms with E-state index in [9.17, 15) is 9.59 Å². The average molecular weight is 385 g/mol. The van der Waals surface area contributed by atoms with E-state index < -0.39 is 0 Å². The van der Waals surface area contributed by atoms with Gasteiger partial charge in [0.05, 0.1) is 6.54 Å². The Hall–Kier alpha value is -2.82. The van der Waals surface area contributed by atoms with E-state index in [1.165, 1.54) is 21.9 Å². The molecule has 1 amide bonds. The summed E-state index contributed by atoms with van der Waals surface area (Å²) in [4.78, 5) is 31.2. The summed E-state index contributed by atoms with van der Waals surface area (Å²) in [5.41, 5.74) is 6.55. The van der Waals surface area contributed by atoms with Gasteiger partial charge in [0.2, 0.25) is 10.9 Å². The predicted molar refractivity (Wildman–Crippen MR) is 105 cm³/mol. The van der Waals surface area contributed by atoms with Crippen molar-refractivity contribution in [3.8, 4) is 10.6 Å². The van der Waals surface area contributed by atoms with E-state index in [0.717, 1.165) is 31.7 Å². The van der Waals surface area contributed by atoms with Gasteiger partial charge >= 0.3 is 0 Å². The van der Waals surface area contributed by atoms with Crippen LogP contribution < -0.4 is 26.8 Å². The van der Waals surface area contributed by atoms with Gasteiger partial charge in [0.25, 0.3) is 5.56 Å². The Morgan fingerprint density at radius 3 is 2.89 bits per heavy atom. The van der Waals surface area contributed by atoms with E-state index >= 15 is 0 Å². The second kappa shape index (κ2) is 7.43. The van der Waals surface area contributed by atoms with Crippen LogP contribution in [0.5, 0.6) is 0 Å². The first-order chi connectivity index (χ1) is 13.1. The first kappa shape index (κ1) is 17.6. The Morgan fingerprint density at radius 2 is 2.11 bits per heavy atom. The number of carbonyl (C=O) groups excluding carboxylic acids is 1. The molecular weight excluding hydrogens is 366 g/mol. The largest absolute Gasteiger partial charge is 0.354 e.